The Balaban J connectivity index is 1.97. The van der Waals surface area contributed by atoms with Gasteiger partial charge in [0.05, 0.1) is 16.7 Å². The van der Waals surface area contributed by atoms with Crippen LogP contribution in [0.3, 0.4) is 0 Å². The van der Waals surface area contributed by atoms with Crippen LogP contribution >= 0.6 is 15.9 Å². The molecule has 0 amide bonds. The molecular weight excluding hydrogens is 394 g/mol. The molecule has 0 bridgehead atoms. The zero-order valence-electron chi connectivity index (χ0n) is 14.7. The van der Waals surface area contributed by atoms with Gasteiger partial charge in [-0.1, -0.05) is 34.1 Å². The van der Waals surface area contributed by atoms with Gasteiger partial charge in [0.2, 0.25) is 0 Å². The molecule has 4 aromatic rings. The lowest BCUT2D eigenvalue weighted by Gasteiger charge is -2.20. The highest BCUT2D eigenvalue weighted by molar-refractivity contribution is 9.10. The number of fused-ring (bicyclic) bond motifs is 2. The molecule has 132 valence electrons. The molecule has 1 N–H and O–H groups in total. The molecule has 0 spiro atoms. The fourth-order valence-corrected chi connectivity index (χ4v) is 3.38. The Hall–Kier alpha value is -2.60. The van der Waals surface area contributed by atoms with Crippen molar-refractivity contribution in [3.63, 3.8) is 0 Å². The van der Waals surface area contributed by atoms with E-state index >= 15 is 0 Å². The van der Waals surface area contributed by atoms with Crippen molar-refractivity contribution in [3.8, 4) is 11.4 Å². The van der Waals surface area contributed by atoms with Gasteiger partial charge in [0.25, 0.3) is 0 Å². The van der Waals surface area contributed by atoms with Crippen molar-refractivity contribution in [1.29, 1.82) is 0 Å². The average Bonchev–Trinajstić information content (AvgIpc) is 3.13. The normalized spacial score (nSPS) is 12.0. The standard InChI is InChI=1S/C20H18BrN3O2/c1-20(2,3)26-19(25)24-16-7-5-4-6-12(16)10-17(24)18-14-9-8-13(21)11-15(14)22-23-18/h4-11H,1-3H3,(H,22,23). The molecule has 4 rings (SSSR count). The van der Waals surface area contributed by atoms with E-state index in [1.54, 1.807) is 4.57 Å². The highest BCUT2D eigenvalue weighted by Crippen LogP contribution is 2.33. The predicted molar refractivity (Wildman–Crippen MR) is 106 cm³/mol. The van der Waals surface area contributed by atoms with Crippen LogP contribution in [0.2, 0.25) is 0 Å². The van der Waals surface area contributed by atoms with Gasteiger partial charge in [-0.3, -0.25) is 5.10 Å². The second-order valence-electron chi connectivity index (χ2n) is 7.17. The van der Waals surface area contributed by atoms with Gasteiger partial charge in [0, 0.05) is 15.2 Å². The molecule has 0 fully saturated rings. The first-order valence-corrected chi connectivity index (χ1v) is 9.11. The molecule has 0 saturated carbocycles. The molecular formula is C20H18BrN3O2. The summed E-state index contributed by atoms with van der Waals surface area (Å²) in [7, 11) is 0. The first-order valence-electron chi connectivity index (χ1n) is 8.31. The summed E-state index contributed by atoms with van der Waals surface area (Å²) >= 11 is 3.47. The van der Waals surface area contributed by atoms with Crippen LogP contribution in [-0.4, -0.2) is 26.5 Å². The number of aromatic amines is 1. The van der Waals surface area contributed by atoms with Crippen molar-refractivity contribution in [2.24, 2.45) is 0 Å². The number of nitrogens with zero attached hydrogens (tertiary/aromatic N) is 2. The number of rotatable bonds is 1. The largest absolute Gasteiger partial charge is 0.443 e. The van der Waals surface area contributed by atoms with E-state index in [0.717, 1.165) is 32.0 Å². The van der Waals surface area contributed by atoms with Crippen molar-refractivity contribution < 1.29 is 9.53 Å². The lowest BCUT2D eigenvalue weighted by atomic mass is 10.1. The molecule has 2 aromatic heterocycles. The van der Waals surface area contributed by atoms with Crippen LogP contribution in [0.4, 0.5) is 4.79 Å². The molecule has 2 aromatic carbocycles. The lowest BCUT2D eigenvalue weighted by molar-refractivity contribution is 0.0547. The first-order chi connectivity index (χ1) is 12.3. The fourth-order valence-electron chi connectivity index (χ4n) is 3.02. The number of H-pyrrole nitrogens is 1. The molecule has 6 heteroatoms. The molecule has 5 nitrogen and oxygen atoms in total. The molecule has 2 heterocycles. The molecule has 0 saturated heterocycles. The van der Waals surface area contributed by atoms with E-state index in [0.29, 0.717) is 5.69 Å². The summed E-state index contributed by atoms with van der Waals surface area (Å²) in [5, 5.41) is 9.41. The summed E-state index contributed by atoms with van der Waals surface area (Å²) in [6.45, 7) is 5.58. The summed E-state index contributed by atoms with van der Waals surface area (Å²) in [5.74, 6) is 0. The van der Waals surface area contributed by atoms with Crippen LogP contribution in [0.1, 0.15) is 20.8 Å². The summed E-state index contributed by atoms with van der Waals surface area (Å²) in [5.41, 5.74) is 2.53. The van der Waals surface area contributed by atoms with Gasteiger partial charge < -0.3 is 4.74 Å². The van der Waals surface area contributed by atoms with Gasteiger partial charge in [-0.05, 0) is 51.1 Å². The SMILES string of the molecule is CC(C)(C)OC(=O)n1c(-c2n[nH]c3cc(Br)ccc23)cc2ccccc21. The second kappa shape index (κ2) is 5.99. The van der Waals surface area contributed by atoms with Crippen molar-refractivity contribution >= 4 is 43.8 Å². The van der Waals surface area contributed by atoms with E-state index < -0.39 is 11.7 Å². The first kappa shape index (κ1) is 16.8. The Labute approximate surface area is 159 Å². The topological polar surface area (TPSA) is 59.9 Å². The number of aromatic nitrogens is 3. The van der Waals surface area contributed by atoms with Gasteiger partial charge in [-0.2, -0.15) is 5.10 Å². The molecule has 0 unspecified atom stereocenters. The van der Waals surface area contributed by atoms with Crippen molar-refractivity contribution in [2.75, 3.05) is 0 Å². The van der Waals surface area contributed by atoms with Crippen molar-refractivity contribution in [1.82, 2.24) is 14.8 Å². The maximum Gasteiger partial charge on any atom is 0.419 e. The van der Waals surface area contributed by atoms with Gasteiger partial charge in [0.15, 0.2) is 0 Å². The summed E-state index contributed by atoms with van der Waals surface area (Å²) in [4.78, 5) is 12.9. The minimum absolute atomic E-state index is 0.415. The highest BCUT2D eigenvalue weighted by atomic mass is 79.9. The highest BCUT2D eigenvalue weighted by Gasteiger charge is 2.24. The Morgan fingerprint density at radius 1 is 1.15 bits per heavy atom. The smallest absolute Gasteiger partial charge is 0.419 e. The number of benzene rings is 2. The monoisotopic (exact) mass is 411 g/mol. The second-order valence-corrected chi connectivity index (χ2v) is 8.08. The minimum Gasteiger partial charge on any atom is -0.443 e. The number of nitrogens with one attached hydrogen (secondary N) is 1. The molecule has 0 atom stereocenters. The number of carbonyl (C=O) groups excluding carboxylic acids is 1. The number of para-hydroxylation sites is 1. The fraction of sp³-hybridized carbons (Fsp3) is 0.200. The molecule has 0 aliphatic carbocycles. The quantitative estimate of drug-likeness (QED) is 0.434. The minimum atomic E-state index is -0.585. The molecule has 26 heavy (non-hydrogen) atoms. The number of ether oxygens (including phenoxy) is 1. The van der Waals surface area contributed by atoms with Gasteiger partial charge in [-0.15, -0.1) is 0 Å². The van der Waals surface area contributed by atoms with Crippen LogP contribution in [0.25, 0.3) is 33.2 Å². The third-order valence-corrected chi connectivity index (χ3v) is 4.55. The van der Waals surface area contributed by atoms with E-state index in [2.05, 4.69) is 26.1 Å². The van der Waals surface area contributed by atoms with Crippen LogP contribution in [-0.2, 0) is 4.74 Å². The van der Waals surface area contributed by atoms with E-state index in [1.807, 2.05) is 69.3 Å². The zero-order valence-corrected chi connectivity index (χ0v) is 16.3. The Bertz CT molecular complexity index is 1140. The van der Waals surface area contributed by atoms with Gasteiger partial charge >= 0.3 is 6.09 Å². The van der Waals surface area contributed by atoms with Crippen LogP contribution < -0.4 is 0 Å². The van der Waals surface area contributed by atoms with Gasteiger partial charge in [0.1, 0.15) is 11.3 Å². The number of hydrogen-bond donors (Lipinski definition) is 1. The van der Waals surface area contributed by atoms with E-state index in [4.69, 9.17) is 4.74 Å². The average molecular weight is 412 g/mol. The third-order valence-electron chi connectivity index (χ3n) is 4.05. The van der Waals surface area contributed by atoms with E-state index in [9.17, 15) is 4.79 Å². The molecule has 0 radical (unpaired) electrons. The van der Waals surface area contributed by atoms with Crippen molar-refractivity contribution in [2.45, 2.75) is 26.4 Å². The summed E-state index contributed by atoms with van der Waals surface area (Å²) < 4.78 is 8.20. The molecule has 0 aliphatic rings. The number of carbonyl (C=O) groups is 1. The Kier molecular flexibility index (Phi) is 3.88. The van der Waals surface area contributed by atoms with E-state index in [-0.39, 0.29) is 0 Å². The molecule has 0 aliphatic heterocycles. The lowest BCUT2D eigenvalue weighted by Crippen LogP contribution is -2.27. The van der Waals surface area contributed by atoms with Crippen LogP contribution in [0.5, 0.6) is 0 Å². The van der Waals surface area contributed by atoms with Crippen LogP contribution in [0, 0.1) is 0 Å². The summed E-state index contributed by atoms with van der Waals surface area (Å²) in [6.07, 6.45) is -0.415. The maximum absolute atomic E-state index is 12.9. The third kappa shape index (κ3) is 2.90. The number of halogens is 1. The van der Waals surface area contributed by atoms with Crippen molar-refractivity contribution in [3.05, 3.63) is 53.0 Å². The Morgan fingerprint density at radius 2 is 1.92 bits per heavy atom. The predicted octanol–water partition coefficient (Wildman–Crippen LogP) is 5.73. The van der Waals surface area contributed by atoms with E-state index in [1.165, 1.54) is 0 Å². The van der Waals surface area contributed by atoms with Gasteiger partial charge in [-0.25, -0.2) is 9.36 Å². The summed E-state index contributed by atoms with van der Waals surface area (Å²) in [6, 6.07) is 15.6. The number of hydrogen-bond acceptors (Lipinski definition) is 3. The Morgan fingerprint density at radius 3 is 2.69 bits per heavy atom. The van der Waals surface area contributed by atoms with Crippen LogP contribution in [0.15, 0.2) is 53.0 Å². The maximum atomic E-state index is 12.9. The zero-order chi connectivity index (χ0) is 18.5.